The highest BCUT2D eigenvalue weighted by atomic mass is 32.2. The zero-order chi connectivity index (χ0) is 35.1. The Morgan fingerprint density at radius 3 is 2.06 bits per heavy atom. The smallest absolute Gasteiger partial charge is 0.264 e. The molecule has 254 valence electrons. The number of methoxy groups -OCH3 is 2. The van der Waals surface area contributed by atoms with E-state index in [0.29, 0.717) is 0 Å². The second-order valence-electron chi connectivity index (χ2n) is 12.1. The fourth-order valence-corrected chi connectivity index (χ4v) is 6.49. The second-order valence-corrected chi connectivity index (χ2v) is 13.9. The van der Waals surface area contributed by atoms with E-state index in [1.807, 2.05) is 6.07 Å². The molecule has 0 heterocycles. The van der Waals surface area contributed by atoms with E-state index in [0.717, 1.165) is 22.0 Å². The largest absolute Gasteiger partial charge is 0.493 e. The van der Waals surface area contributed by atoms with Gasteiger partial charge in [-0.3, -0.25) is 13.9 Å². The Balaban J connectivity index is 1.85. The fraction of sp³-hybridized carbons (Fsp3) is 0.278. The number of carbonyl (C=O) groups is 2. The summed E-state index contributed by atoms with van der Waals surface area (Å²) in [6.07, 6.45) is 0.0575. The van der Waals surface area contributed by atoms with Crippen molar-refractivity contribution in [2.75, 3.05) is 25.1 Å². The molecule has 12 heteroatoms. The van der Waals surface area contributed by atoms with Gasteiger partial charge >= 0.3 is 0 Å². The average Bonchev–Trinajstić information content (AvgIpc) is 3.05. The van der Waals surface area contributed by atoms with Gasteiger partial charge in [-0.1, -0.05) is 48.5 Å². The highest BCUT2D eigenvalue weighted by Crippen LogP contribution is 2.32. The number of halogens is 2. The molecule has 0 unspecified atom stereocenters. The van der Waals surface area contributed by atoms with E-state index < -0.39 is 51.6 Å². The average molecular weight is 680 g/mol. The third kappa shape index (κ3) is 8.88. The molecule has 0 saturated carbocycles. The van der Waals surface area contributed by atoms with Gasteiger partial charge in [0.25, 0.3) is 10.0 Å². The first-order valence-corrected chi connectivity index (χ1v) is 16.6. The van der Waals surface area contributed by atoms with Crippen molar-refractivity contribution in [1.29, 1.82) is 0 Å². The SMILES string of the molecule is COc1ccc(S(=O)(=O)N(CC(=O)N(Cc2ccccc2F)[C@H](Cc2ccccc2)C(=O)NC(C)(C)C)c2ccc(F)cc2)cc1OC. The molecule has 0 fully saturated rings. The van der Waals surface area contributed by atoms with Crippen molar-refractivity contribution in [3.05, 3.63) is 120 Å². The van der Waals surface area contributed by atoms with Crippen molar-refractivity contribution < 1.29 is 36.3 Å². The van der Waals surface area contributed by atoms with Crippen LogP contribution in [0, 0.1) is 11.6 Å². The number of amides is 2. The summed E-state index contributed by atoms with van der Waals surface area (Å²) in [6.45, 7) is 4.23. The van der Waals surface area contributed by atoms with E-state index in [4.69, 9.17) is 9.47 Å². The van der Waals surface area contributed by atoms with Gasteiger partial charge in [-0.2, -0.15) is 0 Å². The van der Waals surface area contributed by atoms with Gasteiger partial charge in [-0.25, -0.2) is 17.2 Å². The number of sulfonamides is 1. The van der Waals surface area contributed by atoms with Crippen LogP contribution in [-0.4, -0.2) is 57.5 Å². The van der Waals surface area contributed by atoms with Crippen LogP contribution in [0.1, 0.15) is 31.9 Å². The minimum Gasteiger partial charge on any atom is -0.493 e. The molecule has 0 spiro atoms. The topological polar surface area (TPSA) is 105 Å². The van der Waals surface area contributed by atoms with Crippen LogP contribution in [0.4, 0.5) is 14.5 Å². The number of hydrogen-bond acceptors (Lipinski definition) is 6. The predicted molar refractivity (Wildman–Crippen MR) is 179 cm³/mol. The van der Waals surface area contributed by atoms with Crippen LogP contribution >= 0.6 is 0 Å². The summed E-state index contributed by atoms with van der Waals surface area (Å²) >= 11 is 0. The summed E-state index contributed by atoms with van der Waals surface area (Å²) in [5, 5.41) is 2.92. The normalized spacial score (nSPS) is 12.1. The number of anilines is 1. The zero-order valence-electron chi connectivity index (χ0n) is 27.4. The van der Waals surface area contributed by atoms with Gasteiger partial charge in [0.2, 0.25) is 11.8 Å². The molecule has 4 rings (SSSR count). The number of rotatable bonds is 13. The Kier molecular flexibility index (Phi) is 11.4. The van der Waals surface area contributed by atoms with Gasteiger partial charge < -0.3 is 19.7 Å². The molecule has 4 aromatic carbocycles. The van der Waals surface area contributed by atoms with E-state index in [9.17, 15) is 22.4 Å². The third-order valence-electron chi connectivity index (χ3n) is 7.40. The Morgan fingerprint density at radius 1 is 0.833 bits per heavy atom. The molecule has 48 heavy (non-hydrogen) atoms. The molecular weight excluding hydrogens is 640 g/mol. The lowest BCUT2D eigenvalue weighted by Gasteiger charge is -2.35. The molecule has 4 aromatic rings. The highest BCUT2D eigenvalue weighted by Gasteiger charge is 2.36. The van der Waals surface area contributed by atoms with E-state index in [2.05, 4.69) is 5.32 Å². The summed E-state index contributed by atoms with van der Waals surface area (Å²) in [6, 6.07) is 22.3. The van der Waals surface area contributed by atoms with Gasteiger partial charge in [0.15, 0.2) is 11.5 Å². The first-order valence-electron chi connectivity index (χ1n) is 15.1. The molecule has 0 bridgehead atoms. The van der Waals surface area contributed by atoms with Crippen molar-refractivity contribution in [2.24, 2.45) is 0 Å². The molecular formula is C36H39F2N3O6S. The Morgan fingerprint density at radius 2 is 1.46 bits per heavy atom. The lowest BCUT2D eigenvalue weighted by atomic mass is 10.0. The molecule has 2 amide bonds. The van der Waals surface area contributed by atoms with Crippen molar-refractivity contribution in [2.45, 2.75) is 50.2 Å². The number of nitrogens with one attached hydrogen (secondary N) is 1. The molecule has 1 atom stereocenters. The van der Waals surface area contributed by atoms with Gasteiger partial charge in [-0.05, 0) is 68.8 Å². The van der Waals surface area contributed by atoms with Crippen molar-refractivity contribution in [3.8, 4) is 11.5 Å². The van der Waals surface area contributed by atoms with Crippen LogP contribution < -0.4 is 19.1 Å². The third-order valence-corrected chi connectivity index (χ3v) is 9.17. The Labute approximate surface area is 280 Å². The molecule has 0 aromatic heterocycles. The van der Waals surface area contributed by atoms with Gasteiger partial charge in [0.1, 0.15) is 24.2 Å². The minimum atomic E-state index is -4.51. The Hall–Kier alpha value is -4.97. The quantitative estimate of drug-likeness (QED) is 0.194. The molecule has 0 aliphatic rings. The lowest BCUT2D eigenvalue weighted by molar-refractivity contribution is -0.140. The summed E-state index contributed by atoms with van der Waals surface area (Å²) < 4.78 is 69.0. The maximum absolute atomic E-state index is 15.1. The highest BCUT2D eigenvalue weighted by molar-refractivity contribution is 7.92. The summed E-state index contributed by atoms with van der Waals surface area (Å²) in [7, 11) is -1.76. The fourth-order valence-electron chi connectivity index (χ4n) is 5.06. The minimum absolute atomic E-state index is 0.0101. The number of nitrogens with zero attached hydrogens (tertiary/aromatic N) is 2. The number of ether oxygens (including phenoxy) is 2. The lowest BCUT2D eigenvalue weighted by Crippen LogP contribution is -2.56. The van der Waals surface area contributed by atoms with Crippen molar-refractivity contribution in [3.63, 3.8) is 0 Å². The van der Waals surface area contributed by atoms with Gasteiger partial charge in [-0.15, -0.1) is 0 Å². The zero-order valence-corrected chi connectivity index (χ0v) is 28.3. The summed E-state index contributed by atoms with van der Waals surface area (Å²) in [5.41, 5.74) is 0.161. The van der Waals surface area contributed by atoms with Gasteiger partial charge in [0, 0.05) is 30.1 Å². The van der Waals surface area contributed by atoms with E-state index in [1.165, 1.54) is 67.7 Å². The molecule has 0 radical (unpaired) electrons. The van der Waals surface area contributed by atoms with E-state index >= 15 is 4.39 Å². The molecule has 0 saturated heterocycles. The maximum Gasteiger partial charge on any atom is 0.264 e. The molecule has 9 nitrogen and oxygen atoms in total. The van der Waals surface area contributed by atoms with Crippen LogP contribution in [-0.2, 0) is 32.6 Å². The van der Waals surface area contributed by atoms with Crippen molar-refractivity contribution in [1.82, 2.24) is 10.2 Å². The maximum atomic E-state index is 15.1. The van der Waals surface area contributed by atoms with Crippen LogP contribution in [0.25, 0.3) is 0 Å². The van der Waals surface area contributed by atoms with E-state index in [-0.39, 0.29) is 40.6 Å². The van der Waals surface area contributed by atoms with Gasteiger partial charge in [0.05, 0.1) is 24.8 Å². The standard InChI is InChI=1S/C36H39F2N3O6S/c1-36(2,3)39-35(43)31(21-25-11-7-6-8-12-25)40(23-26-13-9-10-14-30(26)38)34(42)24-41(28-17-15-27(37)16-18-28)48(44,45)29-19-20-32(46-4)33(22-29)47-5/h6-20,22,31H,21,23-24H2,1-5H3,(H,39,43)/t31-/m1/s1. The predicted octanol–water partition coefficient (Wildman–Crippen LogP) is 5.73. The first-order chi connectivity index (χ1) is 22.7. The number of benzene rings is 4. The number of carbonyl (C=O) groups excluding carboxylic acids is 2. The van der Waals surface area contributed by atoms with Crippen LogP contribution in [0.3, 0.4) is 0 Å². The second kappa shape index (κ2) is 15.3. The summed E-state index contributed by atoms with van der Waals surface area (Å²) in [5.74, 6) is -2.10. The summed E-state index contributed by atoms with van der Waals surface area (Å²) in [4.78, 5) is 29.4. The molecule has 0 aliphatic carbocycles. The van der Waals surface area contributed by atoms with Crippen LogP contribution in [0.5, 0.6) is 11.5 Å². The Bertz CT molecular complexity index is 1830. The van der Waals surface area contributed by atoms with E-state index in [1.54, 1.807) is 51.1 Å². The van der Waals surface area contributed by atoms with Crippen LogP contribution in [0.15, 0.2) is 102 Å². The monoisotopic (exact) mass is 679 g/mol. The van der Waals surface area contributed by atoms with Crippen molar-refractivity contribution >= 4 is 27.5 Å². The molecule has 1 N–H and O–H groups in total. The van der Waals surface area contributed by atoms with Crippen LogP contribution in [0.2, 0.25) is 0 Å². The number of hydrogen-bond donors (Lipinski definition) is 1. The first kappa shape index (κ1) is 35.9. The molecule has 0 aliphatic heterocycles.